The van der Waals surface area contributed by atoms with Gasteiger partial charge in [0.1, 0.15) is 11.4 Å². The predicted molar refractivity (Wildman–Crippen MR) is 81.7 cm³/mol. The van der Waals surface area contributed by atoms with E-state index in [-0.39, 0.29) is 18.9 Å². The van der Waals surface area contributed by atoms with Gasteiger partial charge in [0.25, 0.3) is 5.91 Å². The third-order valence-electron chi connectivity index (χ3n) is 3.52. The van der Waals surface area contributed by atoms with E-state index < -0.39 is 17.8 Å². The van der Waals surface area contributed by atoms with E-state index in [1.165, 1.54) is 19.2 Å². The minimum Gasteiger partial charge on any atom is -0.378 e. The Labute approximate surface area is 139 Å². The Bertz CT molecular complexity index is 899. The van der Waals surface area contributed by atoms with Crippen LogP contribution in [0.15, 0.2) is 34.9 Å². The highest BCUT2D eigenvalue weighted by molar-refractivity contribution is 5.91. The lowest BCUT2D eigenvalue weighted by Gasteiger charge is -2.03. The topological polar surface area (TPSA) is 80.1 Å². The molecule has 2 heterocycles. The number of alkyl halides is 3. The van der Waals surface area contributed by atoms with E-state index in [0.29, 0.717) is 22.2 Å². The number of carbonyl (C=O) groups excluding carboxylic acids is 1. The number of carbonyl (C=O) groups is 1. The lowest BCUT2D eigenvalue weighted by molar-refractivity contribution is -0.140. The monoisotopic (exact) mass is 353 g/mol. The van der Waals surface area contributed by atoms with Crippen LogP contribution in [0.4, 0.5) is 13.2 Å². The maximum absolute atomic E-state index is 12.7. The summed E-state index contributed by atoms with van der Waals surface area (Å²) >= 11 is 0. The standard InChI is InChI=1S/C16H14F3N3O3/c1-24-8-11-6-13(25-22-11)15(23)20-7-9-2-3-12-10(4-9)5-14(21-12)16(17,18)19/h2-6,21H,7-8H2,1H3,(H,20,23). The van der Waals surface area contributed by atoms with E-state index in [2.05, 4.69) is 15.5 Å². The summed E-state index contributed by atoms with van der Waals surface area (Å²) in [6.07, 6.45) is -4.43. The van der Waals surface area contributed by atoms with Crippen molar-refractivity contribution >= 4 is 16.8 Å². The third kappa shape index (κ3) is 3.82. The highest BCUT2D eigenvalue weighted by Crippen LogP contribution is 2.31. The first-order chi connectivity index (χ1) is 11.9. The number of halogens is 3. The Hall–Kier alpha value is -2.81. The van der Waals surface area contributed by atoms with Crippen LogP contribution in [0, 0.1) is 0 Å². The van der Waals surface area contributed by atoms with Gasteiger partial charge in [0.05, 0.1) is 6.61 Å². The molecule has 6 nitrogen and oxygen atoms in total. The maximum Gasteiger partial charge on any atom is 0.431 e. The van der Waals surface area contributed by atoms with Crippen molar-refractivity contribution in [3.8, 4) is 0 Å². The number of hydrogen-bond donors (Lipinski definition) is 2. The zero-order chi connectivity index (χ0) is 18.0. The molecule has 0 atom stereocenters. The second-order valence-corrected chi connectivity index (χ2v) is 5.40. The third-order valence-corrected chi connectivity index (χ3v) is 3.52. The van der Waals surface area contributed by atoms with Crippen molar-refractivity contribution in [3.05, 3.63) is 53.0 Å². The zero-order valence-corrected chi connectivity index (χ0v) is 13.1. The minimum absolute atomic E-state index is 0.0362. The average molecular weight is 353 g/mol. The first-order valence-corrected chi connectivity index (χ1v) is 7.28. The number of methoxy groups -OCH3 is 1. The second kappa shape index (κ2) is 6.60. The van der Waals surface area contributed by atoms with Gasteiger partial charge in [-0.15, -0.1) is 0 Å². The van der Waals surface area contributed by atoms with Crippen LogP contribution in [0.2, 0.25) is 0 Å². The summed E-state index contributed by atoms with van der Waals surface area (Å²) in [6.45, 7) is 0.365. The van der Waals surface area contributed by atoms with Crippen molar-refractivity contribution in [1.82, 2.24) is 15.5 Å². The number of fused-ring (bicyclic) bond motifs is 1. The molecule has 2 N–H and O–H groups in total. The molecule has 0 radical (unpaired) electrons. The summed E-state index contributed by atoms with van der Waals surface area (Å²) in [5.41, 5.74) is 0.712. The molecule has 0 aliphatic carbocycles. The van der Waals surface area contributed by atoms with Crippen LogP contribution in [-0.4, -0.2) is 23.2 Å². The number of ether oxygens (including phenoxy) is 1. The molecule has 3 rings (SSSR count). The van der Waals surface area contributed by atoms with E-state index in [9.17, 15) is 18.0 Å². The number of rotatable bonds is 5. The number of nitrogens with zero attached hydrogens (tertiary/aromatic N) is 1. The predicted octanol–water partition coefficient (Wildman–Crippen LogP) is 3.25. The van der Waals surface area contributed by atoms with Gasteiger partial charge in [-0.3, -0.25) is 4.79 Å². The molecule has 0 spiro atoms. The highest BCUT2D eigenvalue weighted by Gasteiger charge is 2.32. The molecular formula is C16H14F3N3O3. The highest BCUT2D eigenvalue weighted by atomic mass is 19.4. The Morgan fingerprint density at radius 2 is 2.12 bits per heavy atom. The Morgan fingerprint density at radius 1 is 1.32 bits per heavy atom. The molecule has 0 saturated carbocycles. The summed E-state index contributed by atoms with van der Waals surface area (Å²) in [5, 5.41) is 6.72. The van der Waals surface area contributed by atoms with Gasteiger partial charge in [0.15, 0.2) is 0 Å². The Morgan fingerprint density at radius 3 is 2.84 bits per heavy atom. The fraction of sp³-hybridized carbons (Fsp3) is 0.250. The van der Waals surface area contributed by atoms with Gasteiger partial charge in [-0.2, -0.15) is 13.2 Å². The van der Waals surface area contributed by atoms with Gasteiger partial charge in [-0.1, -0.05) is 11.2 Å². The van der Waals surface area contributed by atoms with E-state index in [4.69, 9.17) is 9.26 Å². The molecule has 132 valence electrons. The van der Waals surface area contributed by atoms with Gasteiger partial charge in [-0.05, 0) is 23.8 Å². The number of H-pyrrole nitrogens is 1. The van der Waals surface area contributed by atoms with Crippen molar-refractivity contribution in [1.29, 1.82) is 0 Å². The number of nitrogens with one attached hydrogen (secondary N) is 2. The number of aromatic nitrogens is 2. The van der Waals surface area contributed by atoms with Gasteiger partial charge < -0.3 is 19.6 Å². The quantitative estimate of drug-likeness (QED) is 0.738. The van der Waals surface area contributed by atoms with E-state index >= 15 is 0 Å². The van der Waals surface area contributed by atoms with Crippen molar-refractivity contribution in [2.45, 2.75) is 19.3 Å². The van der Waals surface area contributed by atoms with Crippen LogP contribution < -0.4 is 5.32 Å². The molecule has 9 heteroatoms. The van der Waals surface area contributed by atoms with Crippen molar-refractivity contribution in [2.75, 3.05) is 7.11 Å². The molecular weight excluding hydrogens is 339 g/mol. The summed E-state index contributed by atoms with van der Waals surface area (Å²) in [6, 6.07) is 7.25. The van der Waals surface area contributed by atoms with Crippen molar-refractivity contribution < 1.29 is 27.2 Å². The van der Waals surface area contributed by atoms with E-state index in [1.807, 2.05) is 0 Å². The van der Waals surface area contributed by atoms with Gasteiger partial charge in [-0.25, -0.2) is 0 Å². The SMILES string of the molecule is COCc1cc(C(=O)NCc2ccc3[nH]c(C(F)(F)F)cc3c2)on1. The summed E-state index contributed by atoms with van der Waals surface area (Å²) in [4.78, 5) is 14.3. The fourth-order valence-electron chi connectivity index (χ4n) is 2.35. The summed E-state index contributed by atoms with van der Waals surface area (Å²) in [5.74, 6) is -0.436. The first-order valence-electron chi connectivity index (χ1n) is 7.28. The minimum atomic E-state index is -4.43. The Kier molecular flexibility index (Phi) is 4.49. The van der Waals surface area contributed by atoms with Crippen LogP contribution in [0.25, 0.3) is 10.9 Å². The molecule has 0 bridgehead atoms. The molecule has 0 unspecified atom stereocenters. The molecule has 1 aromatic carbocycles. The van der Waals surface area contributed by atoms with Crippen LogP contribution in [0.5, 0.6) is 0 Å². The van der Waals surface area contributed by atoms with Crippen LogP contribution in [-0.2, 0) is 24.1 Å². The normalized spacial score (nSPS) is 11.8. The molecule has 0 fully saturated rings. The fourth-order valence-corrected chi connectivity index (χ4v) is 2.35. The molecule has 3 aromatic rings. The number of aromatic amines is 1. The lowest BCUT2D eigenvalue weighted by Crippen LogP contribution is -2.22. The largest absolute Gasteiger partial charge is 0.431 e. The maximum atomic E-state index is 12.7. The summed E-state index contributed by atoms with van der Waals surface area (Å²) < 4.78 is 47.9. The van der Waals surface area contributed by atoms with Crippen LogP contribution in [0.1, 0.15) is 27.5 Å². The Balaban J connectivity index is 1.69. The second-order valence-electron chi connectivity index (χ2n) is 5.40. The average Bonchev–Trinajstić information content (AvgIpc) is 3.18. The number of hydrogen-bond acceptors (Lipinski definition) is 4. The summed E-state index contributed by atoms with van der Waals surface area (Å²) in [7, 11) is 1.50. The molecule has 25 heavy (non-hydrogen) atoms. The van der Waals surface area contributed by atoms with Gasteiger partial charge in [0, 0.05) is 30.6 Å². The van der Waals surface area contributed by atoms with Crippen LogP contribution >= 0.6 is 0 Å². The molecule has 0 aliphatic heterocycles. The van der Waals surface area contributed by atoms with Gasteiger partial charge in [0.2, 0.25) is 5.76 Å². The lowest BCUT2D eigenvalue weighted by atomic mass is 10.1. The van der Waals surface area contributed by atoms with Gasteiger partial charge >= 0.3 is 6.18 Å². The molecule has 2 aromatic heterocycles. The van der Waals surface area contributed by atoms with Crippen LogP contribution in [0.3, 0.4) is 0 Å². The molecule has 1 amide bonds. The molecule has 0 saturated heterocycles. The molecule has 0 aliphatic rings. The van der Waals surface area contributed by atoms with Crippen molar-refractivity contribution in [2.24, 2.45) is 0 Å². The number of amides is 1. The first kappa shape index (κ1) is 17.0. The van der Waals surface area contributed by atoms with E-state index in [0.717, 1.165) is 6.07 Å². The van der Waals surface area contributed by atoms with Crippen molar-refractivity contribution in [3.63, 3.8) is 0 Å². The smallest absolute Gasteiger partial charge is 0.378 e. The zero-order valence-electron chi connectivity index (χ0n) is 13.1. The van der Waals surface area contributed by atoms with E-state index in [1.54, 1.807) is 12.1 Å². The number of benzene rings is 1.